The first-order chi connectivity index (χ1) is 38.5. The fourth-order valence-corrected chi connectivity index (χ4v) is 11.2. The van der Waals surface area contributed by atoms with Crippen molar-refractivity contribution in [3.63, 3.8) is 0 Å². The molecule has 0 radical (unpaired) electrons. The van der Waals surface area contributed by atoms with Gasteiger partial charge in [-0.25, -0.2) is 0 Å². The highest BCUT2D eigenvalue weighted by molar-refractivity contribution is 5.71. The molecule has 0 aromatic rings. The van der Waals surface area contributed by atoms with Gasteiger partial charge in [0.2, 0.25) is 0 Å². The maximum absolute atomic E-state index is 12.9. The predicted molar refractivity (Wildman–Crippen MR) is 340 cm³/mol. The summed E-state index contributed by atoms with van der Waals surface area (Å²) in [7, 11) is 0. The van der Waals surface area contributed by atoms with Crippen LogP contribution < -0.4 is 0 Å². The molecule has 0 rings (SSSR count). The van der Waals surface area contributed by atoms with Gasteiger partial charge in [-0.05, 0) is 44.9 Å². The van der Waals surface area contributed by atoms with Gasteiger partial charge < -0.3 is 14.2 Å². The SMILES string of the molecule is CCCCC/C=C\CCCCCCCC(=O)OCC(COC(=O)CCCCCCCCCCCCCCCCCCCCCCCCCCCCCCCC)OC(=O)CCCCCCCCCCCCCCCCCCCC. The van der Waals surface area contributed by atoms with Crippen molar-refractivity contribution in [1.29, 1.82) is 0 Å². The molecule has 0 fully saturated rings. The largest absolute Gasteiger partial charge is 0.462 e. The van der Waals surface area contributed by atoms with Crippen LogP contribution in [0.25, 0.3) is 0 Å². The van der Waals surface area contributed by atoms with E-state index in [4.69, 9.17) is 14.2 Å². The summed E-state index contributed by atoms with van der Waals surface area (Å²) < 4.78 is 17.0. The first-order valence-electron chi connectivity index (χ1n) is 35.7. The normalized spacial score (nSPS) is 12.0. The maximum atomic E-state index is 12.9. The Balaban J connectivity index is 4.10. The highest BCUT2D eigenvalue weighted by atomic mass is 16.6. The van der Waals surface area contributed by atoms with E-state index in [0.717, 1.165) is 64.2 Å². The molecule has 0 aromatic carbocycles. The number of hydrogen-bond acceptors (Lipinski definition) is 6. The molecule has 6 nitrogen and oxygen atoms in total. The number of carbonyl (C=O) groups is 3. The Labute approximate surface area is 488 Å². The highest BCUT2D eigenvalue weighted by Gasteiger charge is 2.19. The average Bonchev–Trinajstić information content (AvgIpc) is 3.44. The van der Waals surface area contributed by atoms with Crippen LogP contribution in [0.4, 0.5) is 0 Å². The van der Waals surface area contributed by atoms with Gasteiger partial charge in [0.25, 0.3) is 0 Å². The van der Waals surface area contributed by atoms with Crippen LogP contribution in [-0.4, -0.2) is 37.2 Å². The lowest BCUT2D eigenvalue weighted by atomic mass is 10.0. The molecule has 0 bridgehead atoms. The van der Waals surface area contributed by atoms with Crippen LogP contribution in [0.2, 0.25) is 0 Å². The van der Waals surface area contributed by atoms with Crippen molar-refractivity contribution in [2.75, 3.05) is 13.2 Å². The van der Waals surface area contributed by atoms with Gasteiger partial charge in [0, 0.05) is 19.3 Å². The third-order valence-corrected chi connectivity index (χ3v) is 16.5. The van der Waals surface area contributed by atoms with Crippen molar-refractivity contribution in [1.82, 2.24) is 0 Å². The summed E-state index contributed by atoms with van der Waals surface area (Å²) in [5, 5.41) is 0. The first-order valence-corrected chi connectivity index (χ1v) is 35.7. The Kier molecular flexibility index (Phi) is 66.0. The van der Waals surface area contributed by atoms with E-state index in [-0.39, 0.29) is 31.1 Å². The molecular formula is C72H138O6. The predicted octanol–water partition coefficient (Wildman–Crippen LogP) is 24.4. The van der Waals surface area contributed by atoms with Crippen molar-refractivity contribution in [2.24, 2.45) is 0 Å². The number of rotatable bonds is 67. The van der Waals surface area contributed by atoms with Gasteiger partial charge in [-0.2, -0.15) is 0 Å². The molecule has 0 aliphatic rings. The van der Waals surface area contributed by atoms with Crippen LogP contribution in [0.5, 0.6) is 0 Å². The topological polar surface area (TPSA) is 78.9 Å². The minimum Gasteiger partial charge on any atom is -0.462 e. The number of carbonyl (C=O) groups excluding carboxylic acids is 3. The summed E-state index contributed by atoms with van der Waals surface area (Å²) >= 11 is 0. The van der Waals surface area contributed by atoms with Crippen molar-refractivity contribution in [3.8, 4) is 0 Å². The molecule has 0 N–H and O–H groups in total. The zero-order valence-electron chi connectivity index (χ0n) is 53.2. The van der Waals surface area contributed by atoms with E-state index in [0.29, 0.717) is 19.3 Å². The number of ether oxygens (including phenoxy) is 3. The average molecular weight is 1100 g/mol. The second kappa shape index (κ2) is 67.7. The van der Waals surface area contributed by atoms with E-state index in [1.54, 1.807) is 0 Å². The van der Waals surface area contributed by atoms with Crippen molar-refractivity contribution in [2.45, 2.75) is 419 Å². The fraction of sp³-hybridized carbons (Fsp3) is 0.931. The van der Waals surface area contributed by atoms with E-state index < -0.39 is 6.10 Å². The lowest BCUT2D eigenvalue weighted by Crippen LogP contribution is -2.30. The summed E-state index contributed by atoms with van der Waals surface area (Å²) in [6.07, 6.45) is 81.2. The molecule has 0 aliphatic carbocycles. The monoisotopic (exact) mass is 1100 g/mol. The molecule has 1 unspecified atom stereocenters. The summed E-state index contributed by atoms with van der Waals surface area (Å²) in [4.78, 5) is 38.3. The van der Waals surface area contributed by atoms with Gasteiger partial charge in [-0.3, -0.25) is 14.4 Å². The van der Waals surface area contributed by atoms with Gasteiger partial charge in [-0.15, -0.1) is 0 Å². The lowest BCUT2D eigenvalue weighted by Gasteiger charge is -2.18. The second-order valence-corrected chi connectivity index (χ2v) is 24.5. The number of esters is 3. The molecule has 1 atom stereocenters. The molecule has 0 saturated carbocycles. The minimum absolute atomic E-state index is 0.0659. The van der Waals surface area contributed by atoms with E-state index in [1.807, 2.05) is 0 Å². The summed E-state index contributed by atoms with van der Waals surface area (Å²) in [6.45, 7) is 6.70. The summed E-state index contributed by atoms with van der Waals surface area (Å²) in [6, 6.07) is 0. The Morgan fingerprint density at radius 3 is 0.667 bits per heavy atom. The zero-order chi connectivity index (χ0) is 56.4. The van der Waals surface area contributed by atoms with Crippen LogP contribution in [0, 0.1) is 0 Å². The van der Waals surface area contributed by atoms with Crippen LogP contribution >= 0.6 is 0 Å². The third kappa shape index (κ3) is 65.0. The van der Waals surface area contributed by atoms with Crippen LogP contribution in [0.3, 0.4) is 0 Å². The Hall–Kier alpha value is -1.85. The molecule has 0 spiro atoms. The summed E-state index contributed by atoms with van der Waals surface area (Å²) in [5.41, 5.74) is 0. The quantitative estimate of drug-likeness (QED) is 0.0261. The molecule has 0 saturated heterocycles. The van der Waals surface area contributed by atoms with Gasteiger partial charge in [0.1, 0.15) is 13.2 Å². The number of allylic oxidation sites excluding steroid dienone is 2. The number of unbranched alkanes of at least 4 members (excludes halogenated alkanes) is 54. The molecule has 0 aliphatic heterocycles. The van der Waals surface area contributed by atoms with Crippen molar-refractivity contribution >= 4 is 17.9 Å². The van der Waals surface area contributed by atoms with Gasteiger partial charge in [0.15, 0.2) is 6.10 Å². The lowest BCUT2D eigenvalue weighted by molar-refractivity contribution is -0.167. The van der Waals surface area contributed by atoms with Crippen molar-refractivity contribution < 1.29 is 28.6 Å². The van der Waals surface area contributed by atoms with Gasteiger partial charge in [0.05, 0.1) is 0 Å². The van der Waals surface area contributed by atoms with E-state index in [1.165, 1.54) is 308 Å². The Morgan fingerprint density at radius 2 is 0.423 bits per heavy atom. The fourth-order valence-electron chi connectivity index (χ4n) is 11.2. The molecule has 6 heteroatoms. The Morgan fingerprint density at radius 1 is 0.244 bits per heavy atom. The van der Waals surface area contributed by atoms with E-state index >= 15 is 0 Å². The zero-order valence-corrected chi connectivity index (χ0v) is 53.2. The second-order valence-electron chi connectivity index (χ2n) is 24.5. The minimum atomic E-state index is -0.769. The smallest absolute Gasteiger partial charge is 0.306 e. The van der Waals surface area contributed by atoms with Gasteiger partial charge in [-0.1, -0.05) is 360 Å². The highest BCUT2D eigenvalue weighted by Crippen LogP contribution is 2.19. The van der Waals surface area contributed by atoms with E-state index in [2.05, 4.69) is 32.9 Å². The van der Waals surface area contributed by atoms with Crippen molar-refractivity contribution in [3.05, 3.63) is 12.2 Å². The standard InChI is InChI=1S/C72H138O6/c1-4-7-10-13-16-19-22-25-27-29-31-32-33-34-35-36-37-38-39-40-41-42-44-45-47-50-53-56-59-62-65-71(74)77-68-69(67-76-70(73)64-61-58-55-52-49-24-21-18-15-12-9-6-3)78-72(75)66-63-60-57-54-51-48-46-43-30-28-26-23-20-17-14-11-8-5-2/h18,21,69H,4-17,19-20,22-68H2,1-3H3/b21-18-. The molecule has 462 valence electrons. The molecule has 0 aromatic heterocycles. The van der Waals surface area contributed by atoms with Crippen LogP contribution in [0.1, 0.15) is 412 Å². The first kappa shape index (κ1) is 76.1. The number of hydrogen-bond donors (Lipinski definition) is 0. The van der Waals surface area contributed by atoms with E-state index in [9.17, 15) is 14.4 Å². The molecule has 0 amide bonds. The maximum Gasteiger partial charge on any atom is 0.306 e. The third-order valence-electron chi connectivity index (χ3n) is 16.5. The summed E-state index contributed by atoms with van der Waals surface area (Å²) in [5.74, 6) is -0.842. The molecular weight excluding hydrogens is 961 g/mol. The molecule has 0 heterocycles. The Bertz CT molecular complexity index is 1210. The molecule has 78 heavy (non-hydrogen) atoms. The van der Waals surface area contributed by atoms with Crippen LogP contribution in [-0.2, 0) is 28.6 Å². The van der Waals surface area contributed by atoms with Gasteiger partial charge >= 0.3 is 17.9 Å². The van der Waals surface area contributed by atoms with Crippen LogP contribution in [0.15, 0.2) is 12.2 Å².